The third-order valence-corrected chi connectivity index (χ3v) is 2.87. The van der Waals surface area contributed by atoms with Gasteiger partial charge in [-0.25, -0.2) is 0 Å². The van der Waals surface area contributed by atoms with Gasteiger partial charge >= 0.3 is 0 Å². The number of H-pyrrole nitrogens is 1. The molecule has 1 heterocycles. The number of hydrogen-bond donors (Lipinski definition) is 1. The van der Waals surface area contributed by atoms with E-state index < -0.39 is 0 Å². The van der Waals surface area contributed by atoms with Gasteiger partial charge in [-0.1, -0.05) is 36.4 Å². The van der Waals surface area contributed by atoms with Crippen LogP contribution >= 0.6 is 0 Å². The summed E-state index contributed by atoms with van der Waals surface area (Å²) in [6.45, 7) is 0. The predicted molar refractivity (Wildman–Crippen MR) is 61.7 cm³/mol. The molecule has 0 fully saturated rings. The van der Waals surface area contributed by atoms with Gasteiger partial charge in [0.15, 0.2) is 0 Å². The smallest absolute Gasteiger partial charge is 0.0653 e. The van der Waals surface area contributed by atoms with E-state index in [0.717, 1.165) is 11.9 Å². The molecule has 1 aromatic carbocycles. The molecule has 1 aliphatic rings. The highest BCUT2D eigenvalue weighted by Gasteiger charge is 2.08. The zero-order chi connectivity index (χ0) is 10.1. The first-order valence-electron chi connectivity index (χ1n) is 5.20. The van der Waals surface area contributed by atoms with Gasteiger partial charge in [0.1, 0.15) is 0 Å². The molecular formula is C13H12N2. The average Bonchev–Trinajstić information content (AvgIpc) is 2.77. The Morgan fingerprint density at radius 1 is 1.27 bits per heavy atom. The minimum Gasteiger partial charge on any atom is -0.278 e. The quantitative estimate of drug-likeness (QED) is 0.745. The molecule has 15 heavy (non-hydrogen) atoms. The summed E-state index contributed by atoms with van der Waals surface area (Å²) in [5.41, 5.74) is 2.47. The Balaban J connectivity index is 2.03. The Morgan fingerprint density at radius 3 is 3.13 bits per heavy atom. The number of hydrogen-bond acceptors (Lipinski definition) is 1. The van der Waals surface area contributed by atoms with Crippen LogP contribution in [-0.4, -0.2) is 10.2 Å². The Hall–Kier alpha value is -1.83. The topological polar surface area (TPSA) is 28.7 Å². The first kappa shape index (κ1) is 8.48. The molecule has 0 saturated carbocycles. The molecular weight excluding hydrogens is 184 g/mol. The summed E-state index contributed by atoms with van der Waals surface area (Å²) in [6.07, 6.45) is 11.6. The molecule has 0 radical (unpaired) electrons. The summed E-state index contributed by atoms with van der Waals surface area (Å²) < 4.78 is 0. The lowest BCUT2D eigenvalue weighted by atomic mass is 9.92. The van der Waals surface area contributed by atoms with Gasteiger partial charge in [0.25, 0.3) is 0 Å². The molecule has 0 amide bonds. The largest absolute Gasteiger partial charge is 0.278 e. The number of allylic oxidation sites excluding steroid dienone is 4. The van der Waals surface area contributed by atoms with E-state index in [1.54, 1.807) is 0 Å². The van der Waals surface area contributed by atoms with Gasteiger partial charge < -0.3 is 0 Å². The van der Waals surface area contributed by atoms with Gasteiger partial charge in [-0.05, 0) is 18.1 Å². The number of benzene rings is 1. The third kappa shape index (κ3) is 1.48. The van der Waals surface area contributed by atoms with Crippen molar-refractivity contribution < 1.29 is 0 Å². The van der Waals surface area contributed by atoms with Crippen molar-refractivity contribution >= 4 is 10.9 Å². The number of nitrogens with one attached hydrogen (secondary N) is 1. The van der Waals surface area contributed by atoms with Gasteiger partial charge in [0, 0.05) is 11.3 Å². The van der Waals surface area contributed by atoms with Crippen molar-refractivity contribution in [2.45, 2.75) is 12.3 Å². The highest BCUT2D eigenvalue weighted by molar-refractivity contribution is 5.78. The zero-order valence-electron chi connectivity index (χ0n) is 8.35. The molecule has 1 atom stereocenters. The molecule has 74 valence electrons. The summed E-state index contributed by atoms with van der Waals surface area (Å²) in [4.78, 5) is 0. The van der Waals surface area contributed by atoms with Crippen molar-refractivity contribution in [3.63, 3.8) is 0 Å². The van der Waals surface area contributed by atoms with Crippen molar-refractivity contribution in [2.75, 3.05) is 0 Å². The van der Waals surface area contributed by atoms with Crippen molar-refractivity contribution in [3.05, 3.63) is 54.3 Å². The van der Waals surface area contributed by atoms with Crippen molar-refractivity contribution in [1.29, 1.82) is 0 Å². The Morgan fingerprint density at radius 2 is 2.27 bits per heavy atom. The van der Waals surface area contributed by atoms with E-state index in [9.17, 15) is 0 Å². The molecule has 1 aliphatic carbocycles. The van der Waals surface area contributed by atoms with Crippen molar-refractivity contribution in [2.24, 2.45) is 0 Å². The van der Waals surface area contributed by atoms with Crippen LogP contribution in [-0.2, 0) is 0 Å². The van der Waals surface area contributed by atoms with Gasteiger partial charge in [-0.3, -0.25) is 5.10 Å². The summed E-state index contributed by atoms with van der Waals surface area (Å²) in [5.74, 6) is 0.516. The highest BCUT2D eigenvalue weighted by atomic mass is 15.1. The van der Waals surface area contributed by atoms with Crippen LogP contribution in [0.2, 0.25) is 0 Å². The maximum atomic E-state index is 4.03. The monoisotopic (exact) mass is 196 g/mol. The van der Waals surface area contributed by atoms with Crippen LogP contribution < -0.4 is 0 Å². The summed E-state index contributed by atoms with van der Waals surface area (Å²) in [6, 6.07) is 6.50. The van der Waals surface area contributed by atoms with Gasteiger partial charge in [-0.15, -0.1) is 0 Å². The van der Waals surface area contributed by atoms with Crippen LogP contribution in [0.5, 0.6) is 0 Å². The molecule has 2 nitrogen and oxygen atoms in total. The second kappa shape index (κ2) is 3.39. The van der Waals surface area contributed by atoms with Gasteiger partial charge in [-0.2, -0.15) is 5.10 Å². The number of fused-ring (bicyclic) bond motifs is 1. The summed E-state index contributed by atoms with van der Waals surface area (Å²) >= 11 is 0. The number of rotatable bonds is 1. The number of nitrogens with zero attached hydrogens (tertiary/aromatic N) is 1. The Bertz CT molecular complexity index is 534. The van der Waals surface area contributed by atoms with E-state index in [0.29, 0.717) is 5.92 Å². The van der Waals surface area contributed by atoms with E-state index >= 15 is 0 Å². The minimum atomic E-state index is 0.516. The highest BCUT2D eigenvalue weighted by Crippen LogP contribution is 2.26. The lowest BCUT2D eigenvalue weighted by molar-refractivity contribution is 0.855. The molecule has 3 rings (SSSR count). The number of aromatic nitrogens is 2. The van der Waals surface area contributed by atoms with Crippen LogP contribution in [0.3, 0.4) is 0 Å². The standard InChI is InChI=1S/C13H12N2/c1-2-4-10(5-3-1)11-6-7-12-9-14-15-13(12)8-11/h1-4,6-10H,5H2,(H,14,15). The third-order valence-electron chi connectivity index (χ3n) is 2.87. The van der Waals surface area contributed by atoms with Crippen molar-refractivity contribution in [1.82, 2.24) is 10.2 Å². The first-order valence-corrected chi connectivity index (χ1v) is 5.20. The fourth-order valence-electron chi connectivity index (χ4n) is 2.01. The molecule has 1 aromatic heterocycles. The average molecular weight is 196 g/mol. The van der Waals surface area contributed by atoms with Crippen LogP contribution in [0.4, 0.5) is 0 Å². The van der Waals surface area contributed by atoms with Crippen LogP contribution in [0, 0.1) is 0 Å². The molecule has 0 aliphatic heterocycles. The van der Waals surface area contributed by atoms with E-state index in [4.69, 9.17) is 0 Å². The zero-order valence-corrected chi connectivity index (χ0v) is 8.35. The van der Waals surface area contributed by atoms with Gasteiger partial charge in [0.05, 0.1) is 11.7 Å². The molecule has 0 spiro atoms. The second-order valence-electron chi connectivity index (χ2n) is 3.87. The van der Waals surface area contributed by atoms with Crippen LogP contribution in [0.1, 0.15) is 17.9 Å². The molecule has 0 saturated heterocycles. The Kier molecular flexibility index (Phi) is 1.91. The molecule has 1 unspecified atom stereocenters. The molecule has 1 N–H and O–H groups in total. The molecule has 2 heteroatoms. The van der Waals surface area contributed by atoms with Crippen LogP contribution in [0.15, 0.2) is 48.7 Å². The summed E-state index contributed by atoms with van der Waals surface area (Å²) in [5, 5.41) is 8.21. The Labute approximate surface area is 88.3 Å². The fourth-order valence-corrected chi connectivity index (χ4v) is 2.01. The van der Waals surface area contributed by atoms with Crippen LogP contribution in [0.25, 0.3) is 10.9 Å². The molecule has 0 bridgehead atoms. The minimum absolute atomic E-state index is 0.516. The lowest BCUT2D eigenvalue weighted by Crippen LogP contribution is -1.95. The van der Waals surface area contributed by atoms with E-state index in [-0.39, 0.29) is 0 Å². The van der Waals surface area contributed by atoms with Crippen molar-refractivity contribution in [3.8, 4) is 0 Å². The lowest BCUT2D eigenvalue weighted by Gasteiger charge is -2.13. The van der Waals surface area contributed by atoms with E-state index in [1.165, 1.54) is 10.9 Å². The van der Waals surface area contributed by atoms with E-state index in [2.05, 4.69) is 52.7 Å². The number of aromatic amines is 1. The summed E-state index contributed by atoms with van der Waals surface area (Å²) in [7, 11) is 0. The first-order chi connectivity index (χ1) is 7.43. The maximum Gasteiger partial charge on any atom is 0.0653 e. The fraction of sp³-hybridized carbons (Fsp3) is 0.154. The maximum absolute atomic E-state index is 4.03. The normalized spacial score (nSPS) is 19.9. The predicted octanol–water partition coefficient (Wildman–Crippen LogP) is 3.16. The molecule has 2 aromatic rings. The second-order valence-corrected chi connectivity index (χ2v) is 3.87. The van der Waals surface area contributed by atoms with Gasteiger partial charge in [0.2, 0.25) is 0 Å². The van der Waals surface area contributed by atoms with E-state index in [1.807, 2.05) is 6.20 Å². The SMILES string of the molecule is C1=CCC(c2ccc3cn[nH]c3c2)C=C1.